The Balaban J connectivity index is 1.75. The fraction of sp³-hybridized carbons (Fsp3) is 0. The SMILES string of the molecule is Fc1ccc(-n2cc(-c3nc4ccccn4n3)cn2)cc1. The summed E-state index contributed by atoms with van der Waals surface area (Å²) in [6.45, 7) is 0. The van der Waals surface area contributed by atoms with Crippen LogP contribution in [0.3, 0.4) is 0 Å². The number of hydrogen-bond donors (Lipinski definition) is 0. The molecule has 102 valence electrons. The van der Waals surface area contributed by atoms with Gasteiger partial charge in [-0.2, -0.15) is 5.10 Å². The second kappa shape index (κ2) is 4.52. The van der Waals surface area contributed by atoms with Crippen molar-refractivity contribution in [1.29, 1.82) is 0 Å². The molecule has 0 aliphatic carbocycles. The van der Waals surface area contributed by atoms with Crippen LogP contribution in [0.4, 0.5) is 4.39 Å². The molecule has 0 saturated heterocycles. The third-order valence-corrected chi connectivity index (χ3v) is 3.17. The zero-order chi connectivity index (χ0) is 14.2. The van der Waals surface area contributed by atoms with Gasteiger partial charge < -0.3 is 0 Å². The van der Waals surface area contributed by atoms with Crippen LogP contribution in [0, 0.1) is 5.82 Å². The van der Waals surface area contributed by atoms with Crippen molar-refractivity contribution in [2.45, 2.75) is 0 Å². The Labute approximate surface area is 119 Å². The highest BCUT2D eigenvalue weighted by molar-refractivity contribution is 5.56. The van der Waals surface area contributed by atoms with Crippen LogP contribution in [-0.4, -0.2) is 24.4 Å². The lowest BCUT2D eigenvalue weighted by Crippen LogP contribution is -1.93. The van der Waals surface area contributed by atoms with Crippen molar-refractivity contribution < 1.29 is 4.39 Å². The summed E-state index contributed by atoms with van der Waals surface area (Å²) in [5.74, 6) is 0.336. The van der Waals surface area contributed by atoms with Gasteiger partial charge in [-0.05, 0) is 36.4 Å². The molecule has 4 aromatic rings. The summed E-state index contributed by atoms with van der Waals surface area (Å²) in [6, 6.07) is 11.8. The number of hydrogen-bond acceptors (Lipinski definition) is 3. The Morgan fingerprint density at radius 3 is 2.67 bits per heavy atom. The fourth-order valence-electron chi connectivity index (χ4n) is 2.13. The van der Waals surface area contributed by atoms with E-state index in [1.165, 1.54) is 12.1 Å². The van der Waals surface area contributed by atoms with Gasteiger partial charge in [-0.3, -0.25) is 0 Å². The van der Waals surface area contributed by atoms with Crippen LogP contribution < -0.4 is 0 Å². The van der Waals surface area contributed by atoms with Crippen LogP contribution in [0.2, 0.25) is 0 Å². The lowest BCUT2D eigenvalue weighted by molar-refractivity contribution is 0.627. The highest BCUT2D eigenvalue weighted by Gasteiger charge is 2.09. The maximum Gasteiger partial charge on any atom is 0.185 e. The maximum absolute atomic E-state index is 12.9. The highest BCUT2D eigenvalue weighted by atomic mass is 19.1. The van der Waals surface area contributed by atoms with Crippen LogP contribution in [0.15, 0.2) is 61.1 Å². The molecule has 0 unspecified atom stereocenters. The van der Waals surface area contributed by atoms with Gasteiger partial charge in [0, 0.05) is 12.4 Å². The number of nitrogens with zero attached hydrogens (tertiary/aromatic N) is 5. The first-order chi connectivity index (χ1) is 10.3. The van der Waals surface area contributed by atoms with Gasteiger partial charge in [0.15, 0.2) is 11.5 Å². The topological polar surface area (TPSA) is 48.0 Å². The second-order valence-corrected chi connectivity index (χ2v) is 4.59. The lowest BCUT2D eigenvalue weighted by Gasteiger charge is -1.99. The molecular weight excluding hydrogens is 269 g/mol. The first kappa shape index (κ1) is 11.8. The van der Waals surface area contributed by atoms with Crippen molar-refractivity contribution >= 4 is 5.65 Å². The first-order valence-electron chi connectivity index (χ1n) is 6.42. The molecule has 0 saturated carbocycles. The quantitative estimate of drug-likeness (QED) is 0.567. The molecule has 0 aliphatic rings. The van der Waals surface area contributed by atoms with Gasteiger partial charge in [0.1, 0.15) is 5.82 Å². The highest BCUT2D eigenvalue weighted by Crippen LogP contribution is 2.17. The second-order valence-electron chi connectivity index (χ2n) is 4.59. The average molecular weight is 279 g/mol. The van der Waals surface area contributed by atoms with Crippen molar-refractivity contribution in [2.24, 2.45) is 0 Å². The summed E-state index contributed by atoms with van der Waals surface area (Å²) in [7, 11) is 0. The molecular formula is C15H10FN5. The molecule has 21 heavy (non-hydrogen) atoms. The predicted octanol–water partition coefficient (Wildman–Crippen LogP) is 2.72. The molecule has 0 amide bonds. The molecule has 0 bridgehead atoms. The Bertz CT molecular complexity index is 874. The summed E-state index contributed by atoms with van der Waals surface area (Å²) < 4.78 is 16.3. The minimum Gasteiger partial charge on any atom is -0.240 e. The molecule has 5 nitrogen and oxygen atoms in total. The number of benzene rings is 1. The number of rotatable bonds is 2. The van der Waals surface area contributed by atoms with Crippen LogP contribution in [0.1, 0.15) is 0 Å². The van der Waals surface area contributed by atoms with E-state index in [4.69, 9.17) is 0 Å². The zero-order valence-electron chi connectivity index (χ0n) is 10.9. The first-order valence-corrected chi connectivity index (χ1v) is 6.42. The molecule has 0 fully saturated rings. The summed E-state index contributed by atoms with van der Waals surface area (Å²) in [5, 5.41) is 8.66. The van der Waals surface area contributed by atoms with E-state index in [1.54, 1.807) is 27.5 Å². The Morgan fingerprint density at radius 1 is 1.00 bits per heavy atom. The monoisotopic (exact) mass is 279 g/mol. The van der Waals surface area contributed by atoms with E-state index in [-0.39, 0.29) is 5.82 Å². The van der Waals surface area contributed by atoms with Gasteiger partial charge in [0.25, 0.3) is 0 Å². The predicted molar refractivity (Wildman–Crippen MR) is 75.5 cm³/mol. The maximum atomic E-state index is 12.9. The van der Waals surface area contributed by atoms with E-state index < -0.39 is 0 Å². The zero-order valence-corrected chi connectivity index (χ0v) is 10.9. The minimum atomic E-state index is -0.270. The molecule has 0 atom stereocenters. The number of halogens is 1. The lowest BCUT2D eigenvalue weighted by atomic mass is 10.3. The summed E-state index contributed by atoms with van der Waals surface area (Å²) in [5.41, 5.74) is 2.37. The third-order valence-electron chi connectivity index (χ3n) is 3.17. The summed E-state index contributed by atoms with van der Waals surface area (Å²) in [4.78, 5) is 4.44. The molecule has 6 heteroatoms. The molecule has 3 aromatic heterocycles. The van der Waals surface area contributed by atoms with Gasteiger partial charge in [-0.25, -0.2) is 18.6 Å². The molecule has 0 aliphatic heterocycles. The standard InChI is InChI=1S/C15H10FN5/c16-12-4-6-13(7-5-12)21-10-11(9-17-21)15-18-14-3-1-2-8-20(14)19-15/h1-10H. The van der Waals surface area contributed by atoms with E-state index >= 15 is 0 Å². The van der Waals surface area contributed by atoms with Crippen molar-refractivity contribution in [1.82, 2.24) is 24.4 Å². The van der Waals surface area contributed by atoms with Crippen molar-refractivity contribution in [3.63, 3.8) is 0 Å². The molecule has 0 N–H and O–H groups in total. The number of fused-ring (bicyclic) bond motifs is 1. The average Bonchev–Trinajstić information content (AvgIpc) is 3.14. The minimum absolute atomic E-state index is 0.270. The van der Waals surface area contributed by atoms with E-state index in [0.717, 1.165) is 16.9 Å². The summed E-state index contributed by atoms with van der Waals surface area (Å²) in [6.07, 6.45) is 5.36. The Kier molecular flexibility index (Phi) is 2.53. The molecule has 0 spiro atoms. The van der Waals surface area contributed by atoms with E-state index in [0.29, 0.717) is 5.82 Å². The third kappa shape index (κ3) is 2.06. The van der Waals surface area contributed by atoms with Crippen molar-refractivity contribution in [3.05, 3.63) is 66.9 Å². The van der Waals surface area contributed by atoms with E-state index in [2.05, 4.69) is 15.2 Å². The van der Waals surface area contributed by atoms with Gasteiger partial charge in [-0.1, -0.05) is 6.07 Å². The van der Waals surface area contributed by atoms with E-state index in [9.17, 15) is 4.39 Å². The van der Waals surface area contributed by atoms with E-state index in [1.807, 2.05) is 30.6 Å². The number of pyridine rings is 1. The van der Waals surface area contributed by atoms with Gasteiger partial charge >= 0.3 is 0 Å². The van der Waals surface area contributed by atoms with Gasteiger partial charge in [0.2, 0.25) is 0 Å². The summed E-state index contributed by atoms with van der Waals surface area (Å²) >= 11 is 0. The molecule has 4 rings (SSSR count). The van der Waals surface area contributed by atoms with Crippen LogP contribution in [0.25, 0.3) is 22.7 Å². The molecule has 1 aromatic carbocycles. The molecule has 3 heterocycles. The van der Waals surface area contributed by atoms with Crippen molar-refractivity contribution in [3.8, 4) is 17.1 Å². The molecule has 0 radical (unpaired) electrons. The van der Waals surface area contributed by atoms with Gasteiger partial charge in [-0.15, -0.1) is 5.10 Å². The normalized spacial score (nSPS) is 11.1. The smallest absolute Gasteiger partial charge is 0.185 e. The largest absolute Gasteiger partial charge is 0.240 e. The van der Waals surface area contributed by atoms with Crippen molar-refractivity contribution in [2.75, 3.05) is 0 Å². The Morgan fingerprint density at radius 2 is 1.86 bits per heavy atom. The van der Waals surface area contributed by atoms with Gasteiger partial charge in [0.05, 0.1) is 17.4 Å². The Hall–Kier alpha value is -3.02. The van der Waals surface area contributed by atoms with Crippen LogP contribution in [0.5, 0.6) is 0 Å². The van der Waals surface area contributed by atoms with Crippen LogP contribution in [-0.2, 0) is 0 Å². The van der Waals surface area contributed by atoms with Crippen LogP contribution >= 0.6 is 0 Å². The number of aromatic nitrogens is 5. The fourth-order valence-corrected chi connectivity index (χ4v) is 2.13.